The molecule has 5 heteroatoms. The zero-order chi connectivity index (χ0) is 19.9. The fourth-order valence-corrected chi connectivity index (χ4v) is 4.24. The van der Waals surface area contributed by atoms with Crippen LogP contribution in [-0.4, -0.2) is 61.4 Å². The summed E-state index contributed by atoms with van der Waals surface area (Å²) >= 11 is 0. The highest BCUT2D eigenvalue weighted by Gasteiger charge is 2.28. The number of rotatable bonds is 7. The number of nitrogens with zero attached hydrogens (tertiary/aromatic N) is 2. The van der Waals surface area contributed by atoms with E-state index in [0.29, 0.717) is 32.7 Å². The number of benzene rings is 2. The van der Waals surface area contributed by atoms with Crippen molar-refractivity contribution in [3.05, 3.63) is 71.8 Å². The molecular weight excluding hydrogens is 364 g/mol. The van der Waals surface area contributed by atoms with Gasteiger partial charge in [-0.1, -0.05) is 60.7 Å². The summed E-state index contributed by atoms with van der Waals surface area (Å²) in [5, 5.41) is 1.91. The van der Waals surface area contributed by atoms with Crippen molar-refractivity contribution >= 4 is 5.91 Å². The van der Waals surface area contributed by atoms with Crippen molar-refractivity contribution in [3.8, 4) is 0 Å². The van der Waals surface area contributed by atoms with Crippen LogP contribution in [0.5, 0.6) is 0 Å². The first kappa shape index (κ1) is 20.1. The molecule has 2 heterocycles. The molecule has 5 nitrogen and oxygen atoms in total. The Morgan fingerprint density at radius 2 is 1.66 bits per heavy atom. The van der Waals surface area contributed by atoms with E-state index >= 15 is 0 Å². The van der Waals surface area contributed by atoms with Gasteiger partial charge in [0.1, 0.15) is 0 Å². The fourth-order valence-electron chi connectivity index (χ4n) is 4.24. The minimum atomic E-state index is 0.0427. The molecular formula is C24H30N2O3. The van der Waals surface area contributed by atoms with Crippen molar-refractivity contribution in [2.75, 3.05) is 39.4 Å². The maximum absolute atomic E-state index is 12.7. The van der Waals surface area contributed by atoms with Crippen LogP contribution in [0, 0.1) is 0 Å². The van der Waals surface area contributed by atoms with Gasteiger partial charge in [0.15, 0.2) is 0 Å². The Morgan fingerprint density at radius 1 is 0.966 bits per heavy atom. The summed E-state index contributed by atoms with van der Waals surface area (Å²) in [6.45, 7) is 4.32. The van der Waals surface area contributed by atoms with Gasteiger partial charge in [0.05, 0.1) is 19.3 Å². The van der Waals surface area contributed by atoms with Crippen LogP contribution in [0.25, 0.3) is 0 Å². The second-order valence-corrected chi connectivity index (χ2v) is 7.81. The van der Waals surface area contributed by atoms with Gasteiger partial charge in [-0.05, 0) is 24.0 Å². The van der Waals surface area contributed by atoms with E-state index < -0.39 is 0 Å². The molecule has 0 aromatic heterocycles. The molecule has 2 fully saturated rings. The van der Waals surface area contributed by atoms with Crippen LogP contribution in [-0.2, 0) is 14.4 Å². The normalized spacial score (nSPS) is 20.3. The molecule has 154 valence electrons. The number of carbonyl (C=O) groups is 1. The van der Waals surface area contributed by atoms with Crippen LogP contribution in [0.3, 0.4) is 0 Å². The molecule has 0 N–H and O–H groups in total. The minimum absolute atomic E-state index is 0.0427. The molecule has 0 spiro atoms. The van der Waals surface area contributed by atoms with Crippen LogP contribution in [0.2, 0.25) is 0 Å². The molecule has 1 amide bonds. The van der Waals surface area contributed by atoms with E-state index in [4.69, 9.17) is 9.57 Å². The molecule has 1 atom stereocenters. The Hall–Kier alpha value is -2.21. The number of hydroxylamine groups is 2. The van der Waals surface area contributed by atoms with Crippen LogP contribution in [0.1, 0.15) is 36.3 Å². The molecule has 1 unspecified atom stereocenters. The summed E-state index contributed by atoms with van der Waals surface area (Å²) in [4.78, 5) is 20.2. The fraction of sp³-hybridized carbons (Fsp3) is 0.458. The van der Waals surface area contributed by atoms with E-state index in [1.807, 2.05) is 22.1 Å². The third-order valence-electron chi connectivity index (χ3n) is 5.79. The highest BCUT2D eigenvalue weighted by Crippen LogP contribution is 2.31. The van der Waals surface area contributed by atoms with Crippen molar-refractivity contribution in [1.29, 1.82) is 0 Å². The lowest BCUT2D eigenvalue weighted by Crippen LogP contribution is -2.46. The Bertz CT molecular complexity index is 723. The largest absolute Gasteiger partial charge is 0.375 e. The summed E-state index contributed by atoms with van der Waals surface area (Å²) in [6, 6.07) is 21.2. The number of carbonyl (C=O) groups excluding carboxylic acids is 1. The van der Waals surface area contributed by atoms with E-state index in [-0.39, 0.29) is 17.9 Å². The molecule has 0 saturated carbocycles. The summed E-state index contributed by atoms with van der Waals surface area (Å²) in [5.41, 5.74) is 2.58. The molecule has 2 aliphatic heterocycles. The number of hydrogen-bond acceptors (Lipinski definition) is 4. The topological polar surface area (TPSA) is 42.0 Å². The molecule has 4 rings (SSSR count). The number of ether oxygens (including phenoxy) is 1. The Balaban J connectivity index is 1.39. The summed E-state index contributed by atoms with van der Waals surface area (Å²) in [6.07, 6.45) is 2.47. The predicted octanol–water partition coefficient (Wildman–Crippen LogP) is 3.46. The maximum atomic E-state index is 12.7. The van der Waals surface area contributed by atoms with Gasteiger partial charge in [-0.2, -0.15) is 5.06 Å². The molecule has 2 aromatic carbocycles. The summed E-state index contributed by atoms with van der Waals surface area (Å²) < 4.78 is 6.08. The highest BCUT2D eigenvalue weighted by molar-refractivity contribution is 5.76. The second kappa shape index (κ2) is 10.0. The minimum Gasteiger partial charge on any atom is -0.375 e. The first-order valence-electron chi connectivity index (χ1n) is 10.7. The van der Waals surface area contributed by atoms with Gasteiger partial charge in [-0.3, -0.25) is 9.63 Å². The highest BCUT2D eigenvalue weighted by atomic mass is 16.7. The van der Waals surface area contributed by atoms with Gasteiger partial charge in [-0.25, -0.2) is 0 Å². The van der Waals surface area contributed by atoms with Crippen molar-refractivity contribution in [2.45, 2.75) is 31.3 Å². The lowest BCUT2D eigenvalue weighted by atomic mass is 9.86. The number of morpholine rings is 1. The third-order valence-corrected chi connectivity index (χ3v) is 5.79. The van der Waals surface area contributed by atoms with Gasteiger partial charge in [0.2, 0.25) is 5.91 Å². The zero-order valence-electron chi connectivity index (χ0n) is 16.9. The van der Waals surface area contributed by atoms with Crippen molar-refractivity contribution in [3.63, 3.8) is 0 Å². The van der Waals surface area contributed by atoms with Crippen molar-refractivity contribution < 1.29 is 14.4 Å². The van der Waals surface area contributed by atoms with E-state index in [0.717, 1.165) is 26.0 Å². The van der Waals surface area contributed by atoms with Gasteiger partial charge >= 0.3 is 0 Å². The summed E-state index contributed by atoms with van der Waals surface area (Å²) in [5.74, 6) is 0.459. The average molecular weight is 395 g/mol. The zero-order valence-corrected chi connectivity index (χ0v) is 16.9. The first-order chi connectivity index (χ1) is 14.3. The van der Waals surface area contributed by atoms with Gasteiger partial charge in [0.25, 0.3) is 0 Å². The van der Waals surface area contributed by atoms with Gasteiger partial charge in [-0.15, -0.1) is 0 Å². The van der Waals surface area contributed by atoms with Crippen molar-refractivity contribution in [2.24, 2.45) is 0 Å². The molecule has 2 aliphatic rings. The monoisotopic (exact) mass is 394 g/mol. The smallest absolute Gasteiger partial charge is 0.224 e. The number of hydrogen-bond donors (Lipinski definition) is 0. The average Bonchev–Trinajstić information content (AvgIpc) is 3.31. The summed E-state index contributed by atoms with van der Waals surface area (Å²) in [7, 11) is 0. The maximum Gasteiger partial charge on any atom is 0.224 e. The molecule has 2 aromatic rings. The molecule has 0 aliphatic carbocycles. The Labute approximate surface area is 173 Å². The Morgan fingerprint density at radius 3 is 2.28 bits per heavy atom. The quantitative estimate of drug-likeness (QED) is 0.721. The van der Waals surface area contributed by atoms with E-state index in [1.54, 1.807) is 0 Å². The lowest BCUT2D eigenvalue weighted by molar-refractivity contribution is -0.145. The van der Waals surface area contributed by atoms with Gasteiger partial charge in [0, 0.05) is 38.5 Å². The first-order valence-corrected chi connectivity index (χ1v) is 10.7. The number of amides is 1. The molecule has 0 bridgehead atoms. The van der Waals surface area contributed by atoms with Crippen LogP contribution in [0.15, 0.2) is 60.7 Å². The van der Waals surface area contributed by atoms with E-state index in [1.165, 1.54) is 11.1 Å². The van der Waals surface area contributed by atoms with Crippen LogP contribution >= 0.6 is 0 Å². The lowest BCUT2D eigenvalue weighted by Gasteiger charge is -2.35. The molecule has 29 heavy (non-hydrogen) atoms. The van der Waals surface area contributed by atoms with Gasteiger partial charge < -0.3 is 9.64 Å². The van der Waals surface area contributed by atoms with E-state index in [9.17, 15) is 4.79 Å². The van der Waals surface area contributed by atoms with Crippen molar-refractivity contribution in [1.82, 2.24) is 9.96 Å². The predicted molar refractivity (Wildman–Crippen MR) is 112 cm³/mol. The molecule has 2 saturated heterocycles. The molecule has 0 radical (unpaired) electrons. The third kappa shape index (κ3) is 5.44. The second-order valence-electron chi connectivity index (χ2n) is 7.81. The Kier molecular flexibility index (Phi) is 6.93. The SMILES string of the molecule is O=C(CCN1CCCO1)N1CCOC(CC(c2ccccc2)c2ccccc2)C1. The van der Waals surface area contributed by atoms with E-state index in [2.05, 4.69) is 48.5 Å². The van der Waals surface area contributed by atoms with Crippen LogP contribution in [0.4, 0.5) is 0 Å². The standard InChI is InChI=1S/C24H30N2O3/c27-24(12-14-26-13-7-16-29-26)25-15-17-28-22(19-25)18-23(20-8-3-1-4-9-20)21-10-5-2-6-11-21/h1-6,8-11,22-23H,7,12-19H2. The van der Waals surface area contributed by atoms with Crippen LogP contribution < -0.4 is 0 Å².